The molecule has 2 N–H and O–H groups in total. The van der Waals surface area contributed by atoms with Gasteiger partial charge in [0, 0.05) is 48.7 Å². The summed E-state index contributed by atoms with van der Waals surface area (Å²) in [7, 11) is 1.56. The van der Waals surface area contributed by atoms with Gasteiger partial charge < -0.3 is 29.0 Å². The molecule has 0 spiro atoms. The van der Waals surface area contributed by atoms with E-state index in [-0.39, 0.29) is 40.4 Å². The maximum atomic E-state index is 13.4. The van der Waals surface area contributed by atoms with Crippen LogP contribution in [0.15, 0.2) is 75.9 Å². The van der Waals surface area contributed by atoms with E-state index in [2.05, 4.69) is 0 Å². The standard InChI is InChI=1S/C29H27NO7/c1-35-20-9-7-18(8-10-20)21(15-26(34)30-11-13-36-14-12-30)27-22(31)16-23(32)28-24(33)17-25(37-29(27)28)19-5-3-2-4-6-19/h2-10,16-17,21,31-32H,11-15H2,1H3/t21-/m0/s1. The number of ether oxygens (including phenoxy) is 2. The average Bonchev–Trinajstić information content (AvgIpc) is 2.93. The van der Waals surface area contributed by atoms with Crippen molar-refractivity contribution in [3.63, 3.8) is 0 Å². The van der Waals surface area contributed by atoms with Crippen LogP contribution < -0.4 is 10.2 Å². The Hall–Kier alpha value is -4.30. The van der Waals surface area contributed by atoms with Crippen molar-refractivity contribution in [2.45, 2.75) is 12.3 Å². The fourth-order valence-electron chi connectivity index (χ4n) is 4.74. The first-order valence-corrected chi connectivity index (χ1v) is 12.0. The van der Waals surface area contributed by atoms with Crippen LogP contribution in [-0.2, 0) is 9.53 Å². The van der Waals surface area contributed by atoms with Gasteiger partial charge in [-0.15, -0.1) is 0 Å². The van der Waals surface area contributed by atoms with Gasteiger partial charge in [0.05, 0.1) is 20.3 Å². The van der Waals surface area contributed by atoms with Gasteiger partial charge in [-0.2, -0.15) is 0 Å². The molecular formula is C29H27NO7. The maximum absolute atomic E-state index is 13.4. The normalized spacial score (nSPS) is 14.5. The van der Waals surface area contributed by atoms with E-state index in [1.54, 1.807) is 36.3 Å². The van der Waals surface area contributed by atoms with Gasteiger partial charge in [-0.3, -0.25) is 9.59 Å². The minimum absolute atomic E-state index is 0.0129. The summed E-state index contributed by atoms with van der Waals surface area (Å²) in [5.74, 6) is -0.520. The molecule has 8 heteroatoms. The summed E-state index contributed by atoms with van der Waals surface area (Å²) in [6, 6.07) is 18.7. The van der Waals surface area contributed by atoms with Crippen molar-refractivity contribution < 1.29 is 28.9 Å². The second-order valence-corrected chi connectivity index (χ2v) is 8.90. The number of morpholine rings is 1. The highest BCUT2D eigenvalue weighted by Crippen LogP contribution is 2.43. The number of methoxy groups -OCH3 is 1. The number of rotatable bonds is 6. The highest BCUT2D eigenvalue weighted by atomic mass is 16.5. The monoisotopic (exact) mass is 501 g/mol. The van der Waals surface area contributed by atoms with Crippen LogP contribution >= 0.6 is 0 Å². The second kappa shape index (κ2) is 10.4. The molecule has 0 bridgehead atoms. The highest BCUT2D eigenvalue weighted by molar-refractivity contribution is 5.91. The van der Waals surface area contributed by atoms with E-state index in [1.165, 1.54) is 6.07 Å². The first kappa shape index (κ1) is 24.4. The Morgan fingerprint density at radius 1 is 1.00 bits per heavy atom. The van der Waals surface area contributed by atoms with Gasteiger partial charge in [-0.05, 0) is 17.7 Å². The zero-order valence-electron chi connectivity index (χ0n) is 20.3. The smallest absolute Gasteiger partial charge is 0.223 e. The maximum Gasteiger partial charge on any atom is 0.223 e. The van der Waals surface area contributed by atoms with Gasteiger partial charge >= 0.3 is 0 Å². The lowest BCUT2D eigenvalue weighted by molar-refractivity contribution is -0.135. The summed E-state index contributed by atoms with van der Waals surface area (Å²) in [4.78, 5) is 28.3. The molecule has 2 heterocycles. The third kappa shape index (κ3) is 4.88. The topological polar surface area (TPSA) is 109 Å². The number of hydrogen-bond acceptors (Lipinski definition) is 7. The van der Waals surface area contributed by atoms with Crippen LogP contribution in [0, 0.1) is 0 Å². The molecule has 190 valence electrons. The molecule has 0 unspecified atom stereocenters. The Bertz CT molecular complexity index is 1470. The number of carbonyl (C=O) groups excluding carboxylic acids is 1. The number of phenols is 2. The average molecular weight is 502 g/mol. The Morgan fingerprint density at radius 3 is 2.38 bits per heavy atom. The van der Waals surface area contributed by atoms with E-state index < -0.39 is 17.1 Å². The third-order valence-corrected chi connectivity index (χ3v) is 6.67. The van der Waals surface area contributed by atoms with E-state index in [0.717, 1.165) is 11.6 Å². The molecule has 1 amide bonds. The summed E-state index contributed by atoms with van der Waals surface area (Å²) in [5, 5.41) is 21.7. The number of benzene rings is 3. The number of amides is 1. The number of nitrogens with zero attached hydrogens (tertiary/aromatic N) is 1. The molecule has 4 aromatic rings. The van der Waals surface area contributed by atoms with Crippen LogP contribution in [0.4, 0.5) is 0 Å². The molecule has 1 saturated heterocycles. The van der Waals surface area contributed by atoms with Crippen LogP contribution in [0.3, 0.4) is 0 Å². The Labute approximate surface area is 213 Å². The van der Waals surface area contributed by atoms with Crippen molar-refractivity contribution in [2.75, 3.05) is 33.4 Å². The molecule has 37 heavy (non-hydrogen) atoms. The fourth-order valence-corrected chi connectivity index (χ4v) is 4.74. The van der Waals surface area contributed by atoms with Crippen LogP contribution in [0.1, 0.15) is 23.5 Å². The van der Waals surface area contributed by atoms with Crippen molar-refractivity contribution in [3.8, 4) is 28.6 Å². The van der Waals surface area contributed by atoms with Gasteiger partial charge in [0.25, 0.3) is 0 Å². The van der Waals surface area contributed by atoms with Crippen molar-refractivity contribution in [3.05, 3.63) is 88.1 Å². The molecule has 1 aliphatic rings. The summed E-state index contributed by atoms with van der Waals surface area (Å²) in [5.41, 5.74) is 1.24. The Balaban J connectivity index is 1.71. The number of phenolic OH excluding ortho intramolecular Hbond substituents is 2. The quantitative estimate of drug-likeness (QED) is 0.406. The highest BCUT2D eigenvalue weighted by Gasteiger charge is 2.30. The zero-order valence-corrected chi connectivity index (χ0v) is 20.3. The molecular weight excluding hydrogens is 474 g/mol. The summed E-state index contributed by atoms with van der Waals surface area (Å²) in [6.45, 7) is 1.87. The minimum Gasteiger partial charge on any atom is -0.507 e. The van der Waals surface area contributed by atoms with Crippen LogP contribution in [0.25, 0.3) is 22.3 Å². The van der Waals surface area contributed by atoms with E-state index in [9.17, 15) is 19.8 Å². The van der Waals surface area contributed by atoms with Crippen LogP contribution in [0.5, 0.6) is 17.2 Å². The molecule has 1 fully saturated rings. The van der Waals surface area contributed by atoms with Gasteiger partial charge in [-0.25, -0.2) is 0 Å². The Morgan fingerprint density at radius 2 is 1.70 bits per heavy atom. The van der Waals surface area contributed by atoms with E-state index in [0.29, 0.717) is 37.6 Å². The predicted molar refractivity (Wildman–Crippen MR) is 138 cm³/mol. The van der Waals surface area contributed by atoms with Gasteiger partial charge in [0.1, 0.15) is 34.0 Å². The van der Waals surface area contributed by atoms with Gasteiger partial charge in [0.2, 0.25) is 5.91 Å². The van der Waals surface area contributed by atoms with Crippen molar-refractivity contribution in [1.29, 1.82) is 0 Å². The molecule has 0 radical (unpaired) electrons. The molecule has 5 rings (SSSR count). The van der Waals surface area contributed by atoms with E-state index in [4.69, 9.17) is 13.9 Å². The zero-order chi connectivity index (χ0) is 25.9. The number of carbonyl (C=O) groups is 1. The van der Waals surface area contributed by atoms with E-state index >= 15 is 0 Å². The minimum atomic E-state index is -0.668. The summed E-state index contributed by atoms with van der Waals surface area (Å²) < 4.78 is 16.9. The van der Waals surface area contributed by atoms with Crippen molar-refractivity contribution >= 4 is 16.9 Å². The van der Waals surface area contributed by atoms with Gasteiger partial charge in [-0.1, -0.05) is 42.5 Å². The molecule has 3 aromatic carbocycles. The fraction of sp³-hybridized carbons (Fsp3) is 0.241. The molecule has 1 aliphatic heterocycles. The molecule has 8 nitrogen and oxygen atoms in total. The summed E-state index contributed by atoms with van der Waals surface area (Å²) >= 11 is 0. The van der Waals surface area contributed by atoms with Gasteiger partial charge in [0.15, 0.2) is 5.43 Å². The molecule has 1 atom stereocenters. The van der Waals surface area contributed by atoms with E-state index in [1.807, 2.05) is 30.3 Å². The predicted octanol–water partition coefficient (Wildman–Crippen LogP) is 4.26. The van der Waals surface area contributed by atoms with Crippen molar-refractivity contribution in [2.24, 2.45) is 0 Å². The lowest BCUT2D eigenvalue weighted by atomic mass is 9.86. The van der Waals surface area contributed by atoms with Crippen LogP contribution in [-0.4, -0.2) is 54.4 Å². The number of aromatic hydroxyl groups is 2. The van der Waals surface area contributed by atoms with Crippen LogP contribution in [0.2, 0.25) is 0 Å². The lowest BCUT2D eigenvalue weighted by Gasteiger charge is -2.29. The molecule has 0 aliphatic carbocycles. The summed E-state index contributed by atoms with van der Waals surface area (Å²) in [6.07, 6.45) is 0.0129. The first-order chi connectivity index (χ1) is 18.0. The molecule has 0 saturated carbocycles. The SMILES string of the molecule is COc1ccc([C@H](CC(=O)N2CCOCC2)c2c(O)cc(O)c3c(=O)cc(-c4ccccc4)oc23)cc1. The third-order valence-electron chi connectivity index (χ3n) is 6.67. The Kier molecular flexibility index (Phi) is 6.83. The largest absolute Gasteiger partial charge is 0.507 e. The second-order valence-electron chi connectivity index (χ2n) is 8.90. The van der Waals surface area contributed by atoms with Crippen molar-refractivity contribution in [1.82, 2.24) is 4.90 Å². The first-order valence-electron chi connectivity index (χ1n) is 12.0. The lowest BCUT2D eigenvalue weighted by Crippen LogP contribution is -2.41. The number of fused-ring (bicyclic) bond motifs is 1. The number of hydrogen-bond donors (Lipinski definition) is 2. The molecule has 1 aromatic heterocycles.